The van der Waals surface area contributed by atoms with Gasteiger partial charge in [-0.25, -0.2) is 0 Å². The van der Waals surface area contributed by atoms with Crippen LogP contribution in [0.25, 0.3) is 0 Å². The van der Waals surface area contributed by atoms with Gasteiger partial charge in [-0.15, -0.1) is 0 Å². The number of aliphatic hydroxyl groups excluding tert-OH is 1. The Bertz CT molecular complexity index is 37.3. The van der Waals surface area contributed by atoms with Crippen molar-refractivity contribution in [2.45, 2.75) is 13.0 Å². The van der Waals surface area contributed by atoms with Gasteiger partial charge in [0.25, 0.3) is 0 Å². The third kappa shape index (κ3) is 32.8. The van der Waals surface area contributed by atoms with Crippen LogP contribution in [0.4, 0.5) is 0 Å². The Morgan fingerprint density at radius 1 is 1.33 bits per heavy atom. The van der Waals surface area contributed by atoms with Gasteiger partial charge in [-0.3, -0.25) is 0 Å². The maximum atomic E-state index is 8.43. The van der Waals surface area contributed by atoms with Crippen molar-refractivity contribution < 1.29 is 14.6 Å². The van der Waals surface area contributed by atoms with Crippen molar-refractivity contribution >= 4 is 0 Å². The van der Waals surface area contributed by atoms with E-state index in [0.29, 0.717) is 6.61 Å². The Labute approximate surface area is 56.6 Å². The zero-order valence-electron chi connectivity index (χ0n) is 6.55. The highest BCUT2D eigenvalue weighted by atomic mass is 16.5. The van der Waals surface area contributed by atoms with Crippen LogP contribution in [0.15, 0.2) is 0 Å². The van der Waals surface area contributed by atoms with Crippen LogP contribution in [0.3, 0.4) is 0 Å². The summed E-state index contributed by atoms with van der Waals surface area (Å²) in [6.07, 6.45) is -0.324. The molecule has 58 valence electrons. The predicted molar refractivity (Wildman–Crippen MR) is 36.5 cm³/mol. The molecule has 0 amide bonds. The highest BCUT2D eigenvalue weighted by molar-refractivity contribution is 4.36. The highest BCUT2D eigenvalue weighted by Crippen LogP contribution is 1.75. The molecule has 0 saturated heterocycles. The number of rotatable bonds is 2. The van der Waals surface area contributed by atoms with E-state index in [2.05, 4.69) is 9.47 Å². The lowest BCUT2D eigenvalue weighted by molar-refractivity contribution is 0.0765. The molecule has 0 radical (unpaired) electrons. The van der Waals surface area contributed by atoms with Gasteiger partial charge >= 0.3 is 0 Å². The molecule has 0 aromatic rings. The summed E-state index contributed by atoms with van der Waals surface area (Å²) in [6.45, 7) is 2.11. The van der Waals surface area contributed by atoms with E-state index in [9.17, 15) is 0 Å². The molecule has 0 saturated carbocycles. The molecule has 0 aliphatic heterocycles. The normalized spacial score (nSPS) is 11.7. The lowest BCUT2D eigenvalue weighted by atomic mass is 10.5. The second kappa shape index (κ2) is 10.8. The first-order valence-electron chi connectivity index (χ1n) is 2.76. The van der Waals surface area contributed by atoms with Gasteiger partial charge in [-0.2, -0.15) is 0 Å². The highest BCUT2D eigenvalue weighted by Gasteiger charge is 1.87. The maximum absolute atomic E-state index is 8.43. The van der Waals surface area contributed by atoms with Crippen molar-refractivity contribution in [2.75, 3.05) is 27.9 Å². The van der Waals surface area contributed by atoms with Gasteiger partial charge in [-0.05, 0) is 6.92 Å². The van der Waals surface area contributed by atoms with Gasteiger partial charge in [-0.1, -0.05) is 0 Å². The Balaban J connectivity index is 0. The van der Waals surface area contributed by atoms with Gasteiger partial charge in [0.2, 0.25) is 0 Å². The van der Waals surface area contributed by atoms with Crippen molar-refractivity contribution in [3.8, 4) is 0 Å². The van der Waals surface area contributed by atoms with E-state index in [1.165, 1.54) is 0 Å². The van der Waals surface area contributed by atoms with E-state index in [-0.39, 0.29) is 6.10 Å². The minimum absolute atomic E-state index is 0.324. The molecule has 0 aromatic carbocycles. The minimum atomic E-state index is -0.324. The Morgan fingerprint density at radius 3 is 1.67 bits per heavy atom. The van der Waals surface area contributed by atoms with Crippen LogP contribution in [-0.2, 0) is 9.47 Å². The largest absolute Gasteiger partial charge is 0.391 e. The summed E-state index contributed by atoms with van der Waals surface area (Å²) < 4.78 is 8.80. The molecule has 9 heavy (non-hydrogen) atoms. The third-order valence-corrected chi connectivity index (χ3v) is 0.408. The zero-order valence-corrected chi connectivity index (χ0v) is 6.55. The quantitative estimate of drug-likeness (QED) is 0.592. The average Bonchev–Trinajstić information content (AvgIpc) is 1.67. The van der Waals surface area contributed by atoms with E-state index in [1.54, 1.807) is 28.3 Å². The topological polar surface area (TPSA) is 38.7 Å². The fourth-order valence-electron chi connectivity index (χ4n) is 0.241. The Kier molecular flexibility index (Phi) is 14.0. The minimum Gasteiger partial charge on any atom is -0.391 e. The molecule has 3 nitrogen and oxygen atoms in total. The Hall–Kier alpha value is -0.120. The molecule has 0 heterocycles. The number of hydrogen-bond donors (Lipinski definition) is 1. The number of ether oxygens (including phenoxy) is 2. The van der Waals surface area contributed by atoms with Crippen LogP contribution in [0.1, 0.15) is 6.92 Å². The molecule has 1 atom stereocenters. The van der Waals surface area contributed by atoms with Crippen LogP contribution >= 0.6 is 0 Å². The SMILES string of the molecule is COC.COCC(C)O. The molecule has 0 spiro atoms. The van der Waals surface area contributed by atoms with Crippen molar-refractivity contribution in [3.63, 3.8) is 0 Å². The molecule has 3 heteroatoms. The van der Waals surface area contributed by atoms with Crippen LogP contribution < -0.4 is 0 Å². The average molecular weight is 136 g/mol. The molecule has 0 bridgehead atoms. The van der Waals surface area contributed by atoms with E-state index >= 15 is 0 Å². The summed E-state index contributed by atoms with van der Waals surface area (Å²) in [4.78, 5) is 0. The van der Waals surface area contributed by atoms with E-state index < -0.39 is 0 Å². The summed E-state index contributed by atoms with van der Waals surface area (Å²) in [6, 6.07) is 0. The smallest absolute Gasteiger partial charge is 0.0745 e. The van der Waals surface area contributed by atoms with Crippen molar-refractivity contribution in [1.82, 2.24) is 0 Å². The Morgan fingerprint density at radius 2 is 1.67 bits per heavy atom. The predicted octanol–water partition coefficient (Wildman–Crippen LogP) is 0.276. The standard InChI is InChI=1S/C4H10O2.C2H6O/c1-4(5)3-6-2;1-3-2/h4-5H,3H2,1-2H3;1-2H3. The van der Waals surface area contributed by atoms with E-state index in [1.807, 2.05) is 0 Å². The molecule has 0 aliphatic rings. The van der Waals surface area contributed by atoms with E-state index in [4.69, 9.17) is 5.11 Å². The zero-order chi connectivity index (χ0) is 7.70. The summed E-state index contributed by atoms with van der Waals surface area (Å²) >= 11 is 0. The van der Waals surface area contributed by atoms with Crippen LogP contribution in [0.5, 0.6) is 0 Å². The molecular weight excluding hydrogens is 120 g/mol. The first-order valence-corrected chi connectivity index (χ1v) is 2.76. The monoisotopic (exact) mass is 136 g/mol. The molecule has 0 fully saturated rings. The summed E-state index contributed by atoms with van der Waals surface area (Å²) in [7, 11) is 4.81. The van der Waals surface area contributed by atoms with Crippen molar-refractivity contribution in [2.24, 2.45) is 0 Å². The first-order chi connectivity index (χ1) is 4.18. The summed E-state index contributed by atoms with van der Waals surface area (Å²) in [5.41, 5.74) is 0. The van der Waals surface area contributed by atoms with Crippen LogP contribution in [0, 0.1) is 0 Å². The molecule has 1 unspecified atom stereocenters. The van der Waals surface area contributed by atoms with Crippen LogP contribution in [-0.4, -0.2) is 39.1 Å². The van der Waals surface area contributed by atoms with Crippen molar-refractivity contribution in [1.29, 1.82) is 0 Å². The van der Waals surface area contributed by atoms with Gasteiger partial charge in [0.05, 0.1) is 12.7 Å². The van der Waals surface area contributed by atoms with Gasteiger partial charge in [0.15, 0.2) is 0 Å². The first kappa shape index (κ1) is 11.6. The van der Waals surface area contributed by atoms with Gasteiger partial charge in [0.1, 0.15) is 0 Å². The van der Waals surface area contributed by atoms with Gasteiger partial charge < -0.3 is 14.6 Å². The molecule has 0 aromatic heterocycles. The fraction of sp³-hybridized carbons (Fsp3) is 1.00. The van der Waals surface area contributed by atoms with Crippen molar-refractivity contribution in [3.05, 3.63) is 0 Å². The number of methoxy groups -OCH3 is 2. The number of hydrogen-bond acceptors (Lipinski definition) is 3. The van der Waals surface area contributed by atoms with Gasteiger partial charge in [0, 0.05) is 21.3 Å². The lowest BCUT2D eigenvalue weighted by Crippen LogP contribution is -2.07. The lowest BCUT2D eigenvalue weighted by Gasteiger charge is -1.97. The second-order valence-corrected chi connectivity index (χ2v) is 1.71. The summed E-state index contributed by atoms with van der Waals surface area (Å²) in [5, 5.41) is 8.43. The van der Waals surface area contributed by atoms with Crippen LogP contribution in [0.2, 0.25) is 0 Å². The molecule has 0 rings (SSSR count). The summed E-state index contributed by atoms with van der Waals surface area (Å²) in [5.74, 6) is 0. The molecule has 0 aliphatic carbocycles. The fourth-order valence-corrected chi connectivity index (χ4v) is 0.241. The molecule has 1 N–H and O–H groups in total. The number of aliphatic hydroxyl groups is 1. The third-order valence-electron chi connectivity index (χ3n) is 0.408. The molecular formula is C6H16O3. The maximum Gasteiger partial charge on any atom is 0.0745 e. The second-order valence-electron chi connectivity index (χ2n) is 1.71. The van der Waals surface area contributed by atoms with E-state index in [0.717, 1.165) is 0 Å².